The molecule has 0 N–H and O–H groups in total. The number of esters is 1. The molecule has 0 atom stereocenters. The molecule has 0 aliphatic heterocycles. The molecule has 2 aromatic rings. The van der Waals surface area contributed by atoms with Gasteiger partial charge >= 0.3 is 5.97 Å². The molecule has 0 fully saturated rings. The molecule has 2 rings (SSSR count). The van der Waals surface area contributed by atoms with E-state index in [0.29, 0.717) is 17.1 Å². The number of hydrogen-bond donors (Lipinski definition) is 0. The fourth-order valence-corrected chi connectivity index (χ4v) is 1.73. The van der Waals surface area contributed by atoms with Gasteiger partial charge in [-0.2, -0.15) is 5.26 Å². The highest BCUT2D eigenvalue weighted by molar-refractivity contribution is 9.10. The first-order valence-electron chi connectivity index (χ1n) is 5.76. The van der Waals surface area contributed by atoms with E-state index in [1.807, 2.05) is 18.2 Å². The maximum atomic E-state index is 11.6. The lowest BCUT2D eigenvalue weighted by atomic mass is 10.2. The molecular formula is C15H10BrNO3. The van der Waals surface area contributed by atoms with E-state index in [2.05, 4.69) is 15.9 Å². The molecule has 2 aromatic carbocycles. The smallest absolute Gasteiger partial charge is 0.349 e. The van der Waals surface area contributed by atoms with Gasteiger partial charge in [0.05, 0.1) is 11.6 Å². The molecule has 0 heterocycles. The molecule has 0 amide bonds. The highest BCUT2D eigenvalue weighted by atomic mass is 79.9. The number of benzene rings is 2. The Hall–Kier alpha value is -2.32. The average Bonchev–Trinajstić information content (AvgIpc) is 2.47. The molecule has 0 saturated carbocycles. The van der Waals surface area contributed by atoms with E-state index in [1.54, 1.807) is 30.3 Å². The lowest BCUT2D eigenvalue weighted by Gasteiger charge is -2.07. The first-order chi connectivity index (χ1) is 9.67. The van der Waals surface area contributed by atoms with Crippen LogP contribution in [0.15, 0.2) is 53.0 Å². The van der Waals surface area contributed by atoms with E-state index in [0.717, 1.165) is 4.47 Å². The van der Waals surface area contributed by atoms with E-state index in [1.165, 1.54) is 6.07 Å². The second-order valence-electron chi connectivity index (χ2n) is 3.86. The number of nitriles is 1. The summed E-state index contributed by atoms with van der Waals surface area (Å²) >= 11 is 3.31. The lowest BCUT2D eigenvalue weighted by molar-refractivity contribution is -0.136. The molecule has 0 saturated heterocycles. The summed E-state index contributed by atoms with van der Waals surface area (Å²) in [6.45, 7) is -0.196. The van der Waals surface area contributed by atoms with Crippen molar-refractivity contribution < 1.29 is 14.3 Å². The van der Waals surface area contributed by atoms with Crippen molar-refractivity contribution in [2.75, 3.05) is 6.61 Å². The van der Waals surface area contributed by atoms with Crippen LogP contribution in [0.5, 0.6) is 11.5 Å². The van der Waals surface area contributed by atoms with E-state index >= 15 is 0 Å². The van der Waals surface area contributed by atoms with Crippen LogP contribution in [0.1, 0.15) is 5.56 Å². The summed E-state index contributed by atoms with van der Waals surface area (Å²) < 4.78 is 11.3. The fourth-order valence-electron chi connectivity index (χ4n) is 1.46. The third-order valence-corrected chi connectivity index (χ3v) is 2.89. The molecule has 5 heteroatoms. The van der Waals surface area contributed by atoms with Gasteiger partial charge in [-0.1, -0.05) is 22.0 Å². The van der Waals surface area contributed by atoms with Crippen molar-refractivity contribution >= 4 is 21.9 Å². The normalized spacial score (nSPS) is 9.60. The van der Waals surface area contributed by atoms with Crippen molar-refractivity contribution in [1.82, 2.24) is 0 Å². The van der Waals surface area contributed by atoms with E-state index in [9.17, 15) is 4.79 Å². The summed E-state index contributed by atoms with van der Waals surface area (Å²) in [5.74, 6) is 0.382. The molecule has 0 aliphatic carbocycles. The van der Waals surface area contributed by atoms with Crippen LogP contribution in [0.25, 0.3) is 0 Å². The second kappa shape index (κ2) is 6.73. The fraction of sp³-hybridized carbons (Fsp3) is 0.0667. The quantitative estimate of drug-likeness (QED) is 0.637. The molecule has 0 radical (unpaired) electrons. The molecule has 20 heavy (non-hydrogen) atoms. The highest BCUT2D eigenvalue weighted by Crippen LogP contribution is 2.16. The van der Waals surface area contributed by atoms with Crippen LogP contribution in [0.4, 0.5) is 0 Å². The SMILES string of the molecule is N#Cc1cccc(OC(=O)COc2ccc(Br)cc2)c1. The van der Waals surface area contributed by atoms with Gasteiger partial charge in [-0.3, -0.25) is 0 Å². The number of ether oxygens (including phenoxy) is 2. The molecular weight excluding hydrogens is 322 g/mol. The Morgan fingerprint density at radius 1 is 1.15 bits per heavy atom. The Kier molecular flexibility index (Phi) is 4.75. The summed E-state index contributed by atoms with van der Waals surface area (Å²) in [6, 6.07) is 15.5. The zero-order valence-corrected chi connectivity index (χ0v) is 12.0. The Labute approximate surface area is 124 Å². The molecule has 0 unspecified atom stereocenters. The van der Waals surface area contributed by atoms with E-state index in [4.69, 9.17) is 14.7 Å². The van der Waals surface area contributed by atoms with Crippen LogP contribution in [0.2, 0.25) is 0 Å². The molecule has 0 spiro atoms. The van der Waals surface area contributed by atoms with E-state index < -0.39 is 5.97 Å². The summed E-state index contributed by atoms with van der Waals surface area (Å²) in [4.78, 5) is 11.6. The van der Waals surface area contributed by atoms with Crippen LogP contribution in [0, 0.1) is 11.3 Å². The third kappa shape index (κ3) is 4.11. The first-order valence-corrected chi connectivity index (χ1v) is 6.56. The topological polar surface area (TPSA) is 59.3 Å². The minimum absolute atomic E-state index is 0.196. The van der Waals surface area contributed by atoms with Crippen molar-refractivity contribution in [2.45, 2.75) is 0 Å². The van der Waals surface area contributed by atoms with Gasteiger partial charge in [0.1, 0.15) is 11.5 Å². The number of carbonyl (C=O) groups excluding carboxylic acids is 1. The summed E-state index contributed by atoms with van der Waals surface area (Å²) in [7, 11) is 0. The predicted octanol–water partition coefficient (Wildman–Crippen LogP) is 3.31. The minimum Gasteiger partial charge on any atom is -0.482 e. The largest absolute Gasteiger partial charge is 0.482 e. The Bertz CT molecular complexity index is 647. The number of carbonyl (C=O) groups is 1. The second-order valence-corrected chi connectivity index (χ2v) is 4.77. The molecule has 0 aromatic heterocycles. The molecule has 0 aliphatic rings. The maximum Gasteiger partial charge on any atom is 0.349 e. The molecule has 4 nitrogen and oxygen atoms in total. The van der Waals surface area contributed by atoms with Crippen LogP contribution < -0.4 is 9.47 Å². The van der Waals surface area contributed by atoms with Crippen molar-refractivity contribution in [1.29, 1.82) is 5.26 Å². The van der Waals surface area contributed by atoms with Gasteiger partial charge in [-0.05, 0) is 42.5 Å². The van der Waals surface area contributed by atoms with E-state index in [-0.39, 0.29) is 6.61 Å². The summed E-state index contributed by atoms with van der Waals surface area (Å²) in [6.07, 6.45) is 0. The summed E-state index contributed by atoms with van der Waals surface area (Å²) in [5.41, 5.74) is 0.434. The minimum atomic E-state index is -0.525. The lowest BCUT2D eigenvalue weighted by Crippen LogP contribution is -2.17. The van der Waals surface area contributed by atoms with Crippen molar-refractivity contribution in [2.24, 2.45) is 0 Å². The van der Waals surface area contributed by atoms with Gasteiger partial charge < -0.3 is 9.47 Å². The van der Waals surface area contributed by atoms with Crippen molar-refractivity contribution in [3.05, 3.63) is 58.6 Å². The van der Waals surface area contributed by atoms with Crippen LogP contribution in [-0.2, 0) is 4.79 Å². The van der Waals surface area contributed by atoms with Gasteiger partial charge in [-0.15, -0.1) is 0 Å². The van der Waals surface area contributed by atoms with Crippen LogP contribution in [0.3, 0.4) is 0 Å². The van der Waals surface area contributed by atoms with Gasteiger partial charge in [0.2, 0.25) is 0 Å². The Morgan fingerprint density at radius 2 is 1.90 bits per heavy atom. The first kappa shape index (κ1) is 14.1. The standard InChI is InChI=1S/C15H10BrNO3/c16-12-4-6-13(7-5-12)19-10-15(18)20-14-3-1-2-11(8-14)9-17/h1-8H,10H2. The zero-order chi connectivity index (χ0) is 14.4. The van der Waals surface area contributed by atoms with Crippen molar-refractivity contribution in [3.63, 3.8) is 0 Å². The Morgan fingerprint density at radius 3 is 2.60 bits per heavy atom. The maximum absolute atomic E-state index is 11.6. The number of hydrogen-bond acceptors (Lipinski definition) is 4. The van der Waals surface area contributed by atoms with Gasteiger partial charge in [0.25, 0.3) is 0 Å². The van der Waals surface area contributed by atoms with Gasteiger partial charge in [-0.25, -0.2) is 4.79 Å². The molecule has 0 bridgehead atoms. The molecule has 100 valence electrons. The zero-order valence-electron chi connectivity index (χ0n) is 10.4. The Balaban J connectivity index is 1.89. The number of nitrogens with zero attached hydrogens (tertiary/aromatic N) is 1. The van der Waals surface area contributed by atoms with Gasteiger partial charge in [0.15, 0.2) is 6.61 Å². The average molecular weight is 332 g/mol. The third-order valence-electron chi connectivity index (χ3n) is 2.37. The summed E-state index contributed by atoms with van der Waals surface area (Å²) in [5, 5.41) is 8.75. The number of rotatable bonds is 4. The van der Waals surface area contributed by atoms with Crippen LogP contribution >= 0.6 is 15.9 Å². The monoisotopic (exact) mass is 331 g/mol. The predicted molar refractivity (Wildman–Crippen MR) is 76.4 cm³/mol. The number of halogens is 1. The van der Waals surface area contributed by atoms with Gasteiger partial charge in [0, 0.05) is 4.47 Å². The highest BCUT2D eigenvalue weighted by Gasteiger charge is 2.06. The van der Waals surface area contributed by atoms with Crippen molar-refractivity contribution in [3.8, 4) is 17.6 Å². The van der Waals surface area contributed by atoms with Crippen LogP contribution in [-0.4, -0.2) is 12.6 Å².